The average molecular weight is 276 g/mol. The second-order valence-corrected chi connectivity index (χ2v) is 4.87. The number of carbonyl (C=O) groups is 2. The molecule has 1 aromatic rings. The molecule has 3 N–H and O–H groups in total. The molecule has 1 fully saturated rings. The molecule has 0 saturated carbocycles. The number of rotatable bonds is 3. The molecule has 0 atom stereocenters. The predicted molar refractivity (Wildman–Crippen MR) is 78.7 cm³/mol. The minimum absolute atomic E-state index is 0.0547. The molecule has 0 unspecified atom stereocenters. The van der Waals surface area contributed by atoms with Gasteiger partial charge in [0.25, 0.3) is 5.91 Å². The predicted octanol–water partition coefficient (Wildman–Crippen LogP) is 0.297. The second-order valence-electron chi connectivity index (χ2n) is 4.87. The number of hydrogen-bond acceptors (Lipinski definition) is 4. The smallest absolute Gasteiger partial charge is 0.251 e. The Kier molecular flexibility index (Phi) is 4.12. The number of piperazine rings is 1. The molecule has 0 aromatic heterocycles. The summed E-state index contributed by atoms with van der Waals surface area (Å²) in [5, 5.41) is 2.75. The van der Waals surface area contributed by atoms with Crippen LogP contribution in [0, 0.1) is 0 Å². The molecule has 2 amide bonds. The Labute approximate surface area is 118 Å². The Morgan fingerprint density at radius 2 is 2.15 bits per heavy atom. The highest BCUT2D eigenvalue weighted by molar-refractivity contribution is 5.96. The first kappa shape index (κ1) is 14.2. The molecule has 2 rings (SSSR count). The SMILES string of the molecule is CCNC(=O)c1ccc(N)c(N2CCN(C)C(=O)C2)c1. The van der Waals surface area contributed by atoms with E-state index >= 15 is 0 Å². The number of nitrogens with one attached hydrogen (secondary N) is 1. The molecule has 6 nitrogen and oxygen atoms in total. The van der Waals surface area contributed by atoms with Gasteiger partial charge in [-0.25, -0.2) is 0 Å². The number of carbonyl (C=O) groups excluding carboxylic acids is 2. The number of nitrogens with zero attached hydrogens (tertiary/aromatic N) is 2. The molecular weight excluding hydrogens is 256 g/mol. The van der Waals surface area contributed by atoms with Crippen LogP contribution in [0.3, 0.4) is 0 Å². The van der Waals surface area contributed by atoms with Crippen LogP contribution in [0.25, 0.3) is 0 Å². The van der Waals surface area contributed by atoms with Crippen LogP contribution in [-0.2, 0) is 4.79 Å². The van der Waals surface area contributed by atoms with Crippen LogP contribution in [-0.4, -0.2) is 49.9 Å². The minimum atomic E-state index is -0.130. The molecule has 1 aliphatic heterocycles. The number of hydrogen-bond donors (Lipinski definition) is 2. The van der Waals surface area contributed by atoms with Gasteiger partial charge in [0.15, 0.2) is 0 Å². The maximum absolute atomic E-state index is 11.9. The van der Waals surface area contributed by atoms with Gasteiger partial charge in [0, 0.05) is 32.2 Å². The first-order chi connectivity index (χ1) is 9.52. The molecule has 0 aliphatic carbocycles. The van der Waals surface area contributed by atoms with Crippen molar-refractivity contribution >= 4 is 23.2 Å². The Hall–Kier alpha value is -2.24. The summed E-state index contributed by atoms with van der Waals surface area (Å²) in [6.45, 7) is 4.11. The summed E-state index contributed by atoms with van der Waals surface area (Å²) in [7, 11) is 1.79. The van der Waals surface area contributed by atoms with E-state index in [0.717, 1.165) is 5.69 Å². The van der Waals surface area contributed by atoms with Crippen molar-refractivity contribution in [2.24, 2.45) is 0 Å². The summed E-state index contributed by atoms with van der Waals surface area (Å²) < 4.78 is 0. The van der Waals surface area contributed by atoms with Crippen molar-refractivity contribution in [1.82, 2.24) is 10.2 Å². The Morgan fingerprint density at radius 3 is 2.80 bits per heavy atom. The molecule has 0 radical (unpaired) electrons. The van der Waals surface area contributed by atoms with Gasteiger partial charge < -0.3 is 20.9 Å². The lowest BCUT2D eigenvalue weighted by molar-refractivity contribution is -0.129. The van der Waals surface area contributed by atoms with Gasteiger partial charge >= 0.3 is 0 Å². The van der Waals surface area contributed by atoms with Crippen LogP contribution in [0.1, 0.15) is 17.3 Å². The van der Waals surface area contributed by atoms with E-state index in [2.05, 4.69) is 5.32 Å². The molecule has 0 spiro atoms. The Balaban J connectivity index is 2.25. The van der Waals surface area contributed by atoms with E-state index in [1.165, 1.54) is 0 Å². The van der Waals surface area contributed by atoms with Gasteiger partial charge in [-0.05, 0) is 25.1 Å². The van der Waals surface area contributed by atoms with Crippen molar-refractivity contribution in [3.8, 4) is 0 Å². The lowest BCUT2D eigenvalue weighted by Gasteiger charge is -2.34. The third-order valence-corrected chi connectivity index (χ3v) is 3.43. The van der Waals surface area contributed by atoms with Crippen LogP contribution in [0.4, 0.5) is 11.4 Å². The third kappa shape index (κ3) is 2.84. The van der Waals surface area contributed by atoms with E-state index in [-0.39, 0.29) is 11.8 Å². The molecule has 0 bridgehead atoms. The number of amides is 2. The highest BCUT2D eigenvalue weighted by Gasteiger charge is 2.23. The van der Waals surface area contributed by atoms with Crippen molar-refractivity contribution in [2.75, 3.05) is 43.9 Å². The van der Waals surface area contributed by atoms with Gasteiger partial charge in [-0.2, -0.15) is 0 Å². The summed E-state index contributed by atoms with van der Waals surface area (Å²) in [5.74, 6) is -0.0757. The summed E-state index contributed by atoms with van der Waals surface area (Å²) >= 11 is 0. The zero-order chi connectivity index (χ0) is 14.7. The van der Waals surface area contributed by atoms with Crippen molar-refractivity contribution in [3.63, 3.8) is 0 Å². The fourth-order valence-corrected chi connectivity index (χ4v) is 2.19. The molecule has 108 valence electrons. The lowest BCUT2D eigenvalue weighted by atomic mass is 10.1. The maximum Gasteiger partial charge on any atom is 0.251 e. The first-order valence-electron chi connectivity index (χ1n) is 6.69. The molecular formula is C14H20N4O2. The van der Waals surface area contributed by atoms with Crippen LogP contribution in [0.15, 0.2) is 18.2 Å². The fourth-order valence-electron chi connectivity index (χ4n) is 2.19. The van der Waals surface area contributed by atoms with Gasteiger partial charge in [0.1, 0.15) is 0 Å². The maximum atomic E-state index is 11.9. The van der Waals surface area contributed by atoms with E-state index < -0.39 is 0 Å². The van der Waals surface area contributed by atoms with Gasteiger partial charge in [0.05, 0.1) is 17.9 Å². The number of nitrogens with two attached hydrogens (primary N) is 1. The average Bonchev–Trinajstić information content (AvgIpc) is 2.43. The van der Waals surface area contributed by atoms with E-state index in [4.69, 9.17) is 5.73 Å². The minimum Gasteiger partial charge on any atom is -0.397 e. The van der Waals surface area contributed by atoms with Gasteiger partial charge in [-0.1, -0.05) is 0 Å². The molecule has 1 aliphatic rings. The number of anilines is 2. The van der Waals surface area contributed by atoms with E-state index in [0.29, 0.717) is 37.4 Å². The van der Waals surface area contributed by atoms with Crippen molar-refractivity contribution in [3.05, 3.63) is 23.8 Å². The number of nitrogen functional groups attached to an aromatic ring is 1. The molecule has 6 heteroatoms. The van der Waals surface area contributed by atoms with E-state index in [1.807, 2.05) is 11.8 Å². The van der Waals surface area contributed by atoms with Crippen LogP contribution in [0.2, 0.25) is 0 Å². The molecule has 1 saturated heterocycles. The molecule has 1 aromatic carbocycles. The summed E-state index contributed by atoms with van der Waals surface area (Å²) in [5.41, 5.74) is 7.86. The normalized spacial score (nSPS) is 15.4. The monoisotopic (exact) mass is 276 g/mol. The number of likely N-dealkylation sites (N-methyl/N-ethyl adjacent to an activating group) is 1. The third-order valence-electron chi connectivity index (χ3n) is 3.43. The van der Waals surface area contributed by atoms with Crippen molar-refractivity contribution in [1.29, 1.82) is 0 Å². The Bertz CT molecular complexity index is 530. The second kappa shape index (κ2) is 5.81. The molecule has 20 heavy (non-hydrogen) atoms. The zero-order valence-electron chi connectivity index (χ0n) is 11.8. The van der Waals surface area contributed by atoms with Crippen molar-refractivity contribution in [2.45, 2.75) is 6.92 Å². The lowest BCUT2D eigenvalue weighted by Crippen LogP contribution is -2.48. The van der Waals surface area contributed by atoms with Gasteiger partial charge in [0.2, 0.25) is 5.91 Å². The quantitative estimate of drug-likeness (QED) is 0.778. The largest absolute Gasteiger partial charge is 0.397 e. The fraction of sp³-hybridized carbons (Fsp3) is 0.429. The summed E-state index contributed by atoms with van der Waals surface area (Å²) in [6, 6.07) is 5.16. The number of benzene rings is 1. The van der Waals surface area contributed by atoms with Crippen LogP contribution >= 0.6 is 0 Å². The van der Waals surface area contributed by atoms with E-state index in [1.54, 1.807) is 30.1 Å². The van der Waals surface area contributed by atoms with Crippen LogP contribution < -0.4 is 16.0 Å². The topological polar surface area (TPSA) is 78.7 Å². The zero-order valence-corrected chi connectivity index (χ0v) is 11.8. The van der Waals surface area contributed by atoms with Gasteiger partial charge in [-0.15, -0.1) is 0 Å². The van der Waals surface area contributed by atoms with Gasteiger partial charge in [-0.3, -0.25) is 9.59 Å². The first-order valence-corrected chi connectivity index (χ1v) is 6.69. The summed E-state index contributed by atoms with van der Waals surface area (Å²) in [6.07, 6.45) is 0. The highest BCUT2D eigenvalue weighted by Crippen LogP contribution is 2.25. The van der Waals surface area contributed by atoms with Crippen molar-refractivity contribution < 1.29 is 9.59 Å². The summed E-state index contributed by atoms with van der Waals surface area (Å²) in [4.78, 5) is 27.2. The Morgan fingerprint density at radius 1 is 1.40 bits per heavy atom. The highest BCUT2D eigenvalue weighted by atomic mass is 16.2. The standard InChI is InChI=1S/C14H20N4O2/c1-3-16-14(20)10-4-5-11(15)12(8-10)18-7-6-17(2)13(19)9-18/h4-5,8H,3,6-7,9,15H2,1-2H3,(H,16,20). The van der Waals surface area contributed by atoms with E-state index in [9.17, 15) is 9.59 Å². The van der Waals surface area contributed by atoms with Crippen LogP contribution in [0.5, 0.6) is 0 Å². The molecule has 1 heterocycles.